The number of esters is 3. The Morgan fingerprint density at radius 2 is 0.475 bits per heavy atom. The zero-order valence-corrected chi connectivity index (χ0v) is 53.3. The van der Waals surface area contributed by atoms with Crippen molar-refractivity contribution in [3.05, 3.63) is 72.9 Å². The first-order valence-corrected chi connectivity index (χ1v) is 34.9. The highest BCUT2D eigenvalue weighted by molar-refractivity contribution is 5.71. The van der Waals surface area contributed by atoms with Gasteiger partial charge in [0.2, 0.25) is 0 Å². The second-order valence-electron chi connectivity index (χ2n) is 23.4. The maximum Gasteiger partial charge on any atom is 0.306 e. The van der Waals surface area contributed by atoms with Crippen molar-refractivity contribution in [1.82, 2.24) is 0 Å². The van der Waals surface area contributed by atoms with Crippen LogP contribution in [0.5, 0.6) is 0 Å². The van der Waals surface area contributed by atoms with Gasteiger partial charge in [-0.15, -0.1) is 0 Å². The minimum Gasteiger partial charge on any atom is -0.462 e. The highest BCUT2D eigenvalue weighted by Gasteiger charge is 2.19. The van der Waals surface area contributed by atoms with E-state index in [9.17, 15) is 14.4 Å². The third-order valence-corrected chi connectivity index (χ3v) is 15.4. The van der Waals surface area contributed by atoms with Crippen LogP contribution in [0, 0.1) is 0 Å². The minimum absolute atomic E-state index is 0.0769. The molecule has 0 saturated heterocycles. The van der Waals surface area contributed by atoms with Crippen LogP contribution in [0.2, 0.25) is 0 Å². The molecule has 0 aromatic heterocycles. The van der Waals surface area contributed by atoms with E-state index in [2.05, 4.69) is 93.7 Å². The van der Waals surface area contributed by atoms with Gasteiger partial charge in [-0.3, -0.25) is 14.4 Å². The highest BCUT2D eigenvalue weighted by atomic mass is 16.6. The van der Waals surface area contributed by atoms with Crippen molar-refractivity contribution in [1.29, 1.82) is 0 Å². The summed E-state index contributed by atoms with van der Waals surface area (Å²) in [6.45, 7) is 6.59. The molecule has 6 heteroatoms. The molecule has 0 rings (SSSR count). The standard InChI is InChI=1S/C74H132O6/c1-4-7-10-13-16-19-22-24-26-28-30-32-34-36-37-39-40-42-44-46-48-50-52-55-58-61-64-67-73(76)79-70-71(69-78-72(75)66-63-60-57-54-21-18-15-12-9-6-3)80-74(77)68-65-62-59-56-53-51-49-47-45-43-41-38-35-33-31-29-27-25-23-20-17-14-11-8-5-2/h12,15,22-25,28-31,34,36,71H,4-11,13-14,16-21,26-27,32-33,35,37-70H2,1-3H3/b15-12-,24-22-,25-23-,30-28-,31-29-,36-34-. The molecule has 6 nitrogen and oxygen atoms in total. The van der Waals surface area contributed by atoms with Crippen LogP contribution in [0.4, 0.5) is 0 Å². The summed E-state index contributed by atoms with van der Waals surface area (Å²) in [6.07, 6.45) is 89.4. The molecule has 0 N–H and O–H groups in total. The van der Waals surface area contributed by atoms with Crippen LogP contribution >= 0.6 is 0 Å². The lowest BCUT2D eigenvalue weighted by atomic mass is 10.0. The molecule has 0 radical (unpaired) electrons. The lowest BCUT2D eigenvalue weighted by Crippen LogP contribution is -2.30. The van der Waals surface area contributed by atoms with Gasteiger partial charge in [-0.05, 0) is 109 Å². The summed E-state index contributed by atoms with van der Waals surface area (Å²) in [5.74, 6) is -0.873. The van der Waals surface area contributed by atoms with Gasteiger partial charge in [0.1, 0.15) is 13.2 Å². The van der Waals surface area contributed by atoms with Gasteiger partial charge in [0.15, 0.2) is 6.10 Å². The molecule has 1 unspecified atom stereocenters. The maximum absolute atomic E-state index is 12.9. The first kappa shape index (κ1) is 76.9. The molecule has 0 spiro atoms. The molecule has 0 saturated carbocycles. The van der Waals surface area contributed by atoms with Crippen molar-refractivity contribution in [2.45, 2.75) is 367 Å². The van der Waals surface area contributed by atoms with Crippen LogP contribution in [-0.4, -0.2) is 37.2 Å². The van der Waals surface area contributed by atoms with Gasteiger partial charge < -0.3 is 14.2 Å². The van der Waals surface area contributed by atoms with Gasteiger partial charge >= 0.3 is 17.9 Å². The molecule has 0 aliphatic heterocycles. The summed E-state index contributed by atoms with van der Waals surface area (Å²) in [5, 5.41) is 0. The van der Waals surface area contributed by atoms with Gasteiger partial charge in [0.25, 0.3) is 0 Å². The topological polar surface area (TPSA) is 78.9 Å². The average molecular weight is 1120 g/mol. The highest BCUT2D eigenvalue weighted by Crippen LogP contribution is 2.17. The lowest BCUT2D eigenvalue weighted by Gasteiger charge is -2.18. The average Bonchev–Trinajstić information content (AvgIpc) is 3.46. The van der Waals surface area contributed by atoms with Crippen LogP contribution < -0.4 is 0 Å². The lowest BCUT2D eigenvalue weighted by molar-refractivity contribution is -0.167. The van der Waals surface area contributed by atoms with Crippen molar-refractivity contribution in [3.63, 3.8) is 0 Å². The molecule has 464 valence electrons. The molecule has 0 amide bonds. The predicted molar refractivity (Wildman–Crippen MR) is 348 cm³/mol. The second kappa shape index (κ2) is 68.3. The van der Waals surface area contributed by atoms with E-state index in [4.69, 9.17) is 14.2 Å². The fourth-order valence-corrected chi connectivity index (χ4v) is 10.1. The molecule has 1 atom stereocenters. The zero-order chi connectivity index (χ0) is 57.8. The van der Waals surface area contributed by atoms with Crippen molar-refractivity contribution >= 4 is 17.9 Å². The van der Waals surface area contributed by atoms with Crippen LogP contribution in [0.15, 0.2) is 72.9 Å². The third kappa shape index (κ3) is 65.7. The first-order valence-electron chi connectivity index (χ1n) is 34.9. The van der Waals surface area contributed by atoms with E-state index in [1.807, 2.05) is 0 Å². The SMILES string of the molecule is CCC/C=C\CCCCCCCC(=O)OCC(COC(=O)CCCCCCCCCCCCCC/C=C\C/C=C\C/C=C\CCCCCCC)OC(=O)CCCCCCCCCCCCCCC/C=C\C/C=C\CCCCCCC. The van der Waals surface area contributed by atoms with Crippen LogP contribution in [0.3, 0.4) is 0 Å². The van der Waals surface area contributed by atoms with Crippen molar-refractivity contribution in [2.24, 2.45) is 0 Å². The predicted octanol–water partition coefficient (Wildman–Crippen LogP) is 24.1. The number of allylic oxidation sites excluding steroid dienone is 12. The van der Waals surface area contributed by atoms with E-state index < -0.39 is 6.10 Å². The fourth-order valence-electron chi connectivity index (χ4n) is 10.1. The number of carbonyl (C=O) groups excluding carboxylic acids is 3. The van der Waals surface area contributed by atoms with E-state index in [1.165, 1.54) is 231 Å². The summed E-state index contributed by atoms with van der Waals surface area (Å²) in [4.78, 5) is 38.3. The van der Waals surface area contributed by atoms with Gasteiger partial charge in [-0.1, -0.05) is 306 Å². The Kier molecular flexibility index (Phi) is 65.7. The fraction of sp³-hybridized carbons (Fsp3) is 0.797. The second-order valence-corrected chi connectivity index (χ2v) is 23.4. The minimum atomic E-state index is -0.780. The molecular formula is C74H132O6. The Balaban J connectivity index is 4.19. The molecule has 0 fully saturated rings. The summed E-state index contributed by atoms with van der Waals surface area (Å²) in [5.41, 5.74) is 0. The number of unbranched alkanes of at least 4 members (excludes halogenated alkanes) is 41. The monoisotopic (exact) mass is 1120 g/mol. The Bertz CT molecular complexity index is 1470. The smallest absolute Gasteiger partial charge is 0.306 e. The molecule has 0 aromatic carbocycles. The summed E-state index contributed by atoms with van der Waals surface area (Å²) in [7, 11) is 0. The van der Waals surface area contributed by atoms with Crippen molar-refractivity contribution in [2.75, 3.05) is 13.2 Å². The van der Waals surface area contributed by atoms with Crippen molar-refractivity contribution < 1.29 is 28.6 Å². The Labute approximate surface area is 497 Å². The zero-order valence-electron chi connectivity index (χ0n) is 53.3. The van der Waals surface area contributed by atoms with Gasteiger partial charge in [-0.2, -0.15) is 0 Å². The number of carbonyl (C=O) groups is 3. The van der Waals surface area contributed by atoms with Crippen LogP contribution in [0.25, 0.3) is 0 Å². The molecule has 0 aliphatic rings. The van der Waals surface area contributed by atoms with Gasteiger partial charge in [0, 0.05) is 19.3 Å². The number of hydrogen-bond acceptors (Lipinski definition) is 6. The number of rotatable bonds is 64. The van der Waals surface area contributed by atoms with E-state index in [1.54, 1.807) is 0 Å². The van der Waals surface area contributed by atoms with E-state index >= 15 is 0 Å². The molecular weight excluding hydrogens is 985 g/mol. The largest absolute Gasteiger partial charge is 0.462 e. The Morgan fingerprint density at radius 1 is 0.250 bits per heavy atom. The normalized spacial score (nSPS) is 12.5. The first-order chi connectivity index (χ1) is 39.5. The Hall–Kier alpha value is -3.15. The van der Waals surface area contributed by atoms with Crippen LogP contribution in [-0.2, 0) is 28.6 Å². The van der Waals surface area contributed by atoms with E-state index in [0.29, 0.717) is 19.3 Å². The maximum atomic E-state index is 12.9. The molecule has 0 aliphatic carbocycles. The molecule has 0 aromatic rings. The van der Waals surface area contributed by atoms with E-state index in [0.717, 1.165) is 89.9 Å². The Morgan fingerprint density at radius 3 is 0.762 bits per heavy atom. The molecule has 0 bridgehead atoms. The quantitative estimate of drug-likeness (QED) is 0.0261. The van der Waals surface area contributed by atoms with Crippen molar-refractivity contribution in [3.8, 4) is 0 Å². The summed E-state index contributed by atoms with van der Waals surface area (Å²) >= 11 is 0. The molecule has 0 heterocycles. The van der Waals surface area contributed by atoms with Gasteiger partial charge in [-0.25, -0.2) is 0 Å². The number of ether oxygens (including phenoxy) is 3. The summed E-state index contributed by atoms with van der Waals surface area (Å²) in [6, 6.07) is 0. The van der Waals surface area contributed by atoms with E-state index in [-0.39, 0.29) is 31.1 Å². The summed E-state index contributed by atoms with van der Waals surface area (Å²) < 4.78 is 16.9. The third-order valence-electron chi connectivity index (χ3n) is 15.4. The van der Waals surface area contributed by atoms with Crippen LogP contribution in [0.1, 0.15) is 361 Å². The molecule has 80 heavy (non-hydrogen) atoms. The number of hydrogen-bond donors (Lipinski definition) is 0. The van der Waals surface area contributed by atoms with Gasteiger partial charge in [0.05, 0.1) is 0 Å².